The first-order valence-corrected chi connectivity index (χ1v) is 7.82. The smallest absolute Gasteiger partial charge is 0.133 e. The van der Waals surface area contributed by atoms with E-state index in [1.165, 1.54) is 5.39 Å². The highest BCUT2D eigenvalue weighted by molar-refractivity contribution is 9.10. The van der Waals surface area contributed by atoms with E-state index in [-0.39, 0.29) is 0 Å². The molecule has 1 aromatic carbocycles. The third-order valence-electron chi connectivity index (χ3n) is 3.13. The fourth-order valence-electron chi connectivity index (χ4n) is 1.97. The van der Waals surface area contributed by atoms with Crippen LogP contribution in [-0.4, -0.2) is 24.7 Å². The fraction of sp³-hybridized carbons (Fsp3) is 0.438. The van der Waals surface area contributed by atoms with E-state index in [1.807, 2.05) is 24.4 Å². The Morgan fingerprint density at radius 3 is 2.85 bits per heavy atom. The van der Waals surface area contributed by atoms with Crippen molar-refractivity contribution in [3.8, 4) is 0 Å². The van der Waals surface area contributed by atoms with Crippen molar-refractivity contribution in [3.63, 3.8) is 0 Å². The number of aromatic nitrogens is 1. The first-order chi connectivity index (χ1) is 9.68. The van der Waals surface area contributed by atoms with E-state index in [9.17, 15) is 0 Å². The molecule has 0 atom stereocenters. The Morgan fingerprint density at radius 1 is 1.20 bits per heavy atom. The van der Waals surface area contributed by atoms with E-state index in [1.54, 1.807) is 0 Å². The second-order valence-electron chi connectivity index (χ2n) is 5.22. The molecule has 1 aromatic heterocycles. The van der Waals surface area contributed by atoms with Crippen LogP contribution in [-0.2, 0) is 4.74 Å². The van der Waals surface area contributed by atoms with E-state index in [0.717, 1.165) is 35.2 Å². The van der Waals surface area contributed by atoms with Crippen LogP contribution in [0.15, 0.2) is 34.9 Å². The molecule has 2 aromatic rings. The molecular formula is C16H21BrN2O. The van der Waals surface area contributed by atoms with Crippen molar-refractivity contribution < 1.29 is 4.74 Å². The van der Waals surface area contributed by atoms with E-state index in [4.69, 9.17) is 4.74 Å². The van der Waals surface area contributed by atoms with Gasteiger partial charge in [0.05, 0.1) is 6.61 Å². The van der Waals surface area contributed by atoms with Crippen LogP contribution in [0.2, 0.25) is 0 Å². The third-order valence-corrected chi connectivity index (χ3v) is 3.82. The van der Waals surface area contributed by atoms with Gasteiger partial charge in [-0.25, -0.2) is 4.98 Å². The molecule has 0 saturated carbocycles. The molecule has 2 rings (SSSR count). The number of ether oxygens (including phenoxy) is 1. The van der Waals surface area contributed by atoms with Gasteiger partial charge in [-0.1, -0.05) is 41.9 Å². The number of halogens is 1. The van der Waals surface area contributed by atoms with Crippen molar-refractivity contribution in [1.29, 1.82) is 0 Å². The zero-order chi connectivity index (χ0) is 14.4. The molecule has 3 nitrogen and oxygen atoms in total. The Balaban J connectivity index is 1.89. The highest BCUT2D eigenvalue weighted by atomic mass is 79.9. The number of benzene rings is 1. The summed E-state index contributed by atoms with van der Waals surface area (Å²) >= 11 is 3.57. The summed E-state index contributed by atoms with van der Waals surface area (Å²) in [5.41, 5.74) is 0. The molecule has 20 heavy (non-hydrogen) atoms. The number of rotatable bonds is 7. The Hall–Kier alpha value is -1.13. The summed E-state index contributed by atoms with van der Waals surface area (Å²) in [6.07, 6.45) is 2.94. The van der Waals surface area contributed by atoms with Crippen molar-refractivity contribution in [2.45, 2.75) is 20.3 Å². The molecular weight excluding hydrogens is 316 g/mol. The maximum absolute atomic E-state index is 5.60. The van der Waals surface area contributed by atoms with Gasteiger partial charge in [0, 0.05) is 34.6 Å². The average molecular weight is 337 g/mol. The number of pyridine rings is 1. The molecule has 0 fully saturated rings. The van der Waals surface area contributed by atoms with Crippen LogP contribution >= 0.6 is 15.9 Å². The van der Waals surface area contributed by atoms with E-state index < -0.39 is 0 Å². The second kappa shape index (κ2) is 7.60. The van der Waals surface area contributed by atoms with Gasteiger partial charge in [-0.3, -0.25) is 0 Å². The number of anilines is 1. The van der Waals surface area contributed by atoms with Crippen molar-refractivity contribution in [2.24, 2.45) is 5.92 Å². The van der Waals surface area contributed by atoms with Gasteiger partial charge in [-0.15, -0.1) is 0 Å². The Morgan fingerprint density at radius 2 is 2.05 bits per heavy atom. The molecule has 4 heteroatoms. The number of nitrogens with zero attached hydrogens (tertiary/aromatic N) is 1. The molecule has 0 aliphatic heterocycles. The molecule has 0 unspecified atom stereocenters. The van der Waals surface area contributed by atoms with Crippen molar-refractivity contribution >= 4 is 32.5 Å². The van der Waals surface area contributed by atoms with Crippen molar-refractivity contribution in [2.75, 3.05) is 25.1 Å². The first-order valence-electron chi connectivity index (χ1n) is 7.03. The highest BCUT2D eigenvalue weighted by Crippen LogP contribution is 2.27. The normalized spacial score (nSPS) is 11.2. The van der Waals surface area contributed by atoms with Gasteiger partial charge in [-0.2, -0.15) is 0 Å². The van der Waals surface area contributed by atoms with Gasteiger partial charge >= 0.3 is 0 Å². The molecule has 108 valence electrons. The van der Waals surface area contributed by atoms with E-state index in [2.05, 4.69) is 46.1 Å². The molecule has 0 radical (unpaired) electrons. The minimum Gasteiger partial charge on any atom is -0.380 e. The van der Waals surface area contributed by atoms with Crippen LogP contribution in [0.1, 0.15) is 20.3 Å². The lowest BCUT2D eigenvalue weighted by atomic mass is 10.1. The summed E-state index contributed by atoms with van der Waals surface area (Å²) in [7, 11) is 0. The van der Waals surface area contributed by atoms with Gasteiger partial charge in [0.15, 0.2) is 0 Å². The maximum atomic E-state index is 5.60. The molecule has 1 N–H and O–H groups in total. The quantitative estimate of drug-likeness (QED) is 0.757. The zero-order valence-electron chi connectivity index (χ0n) is 12.0. The minimum atomic E-state index is 0.694. The van der Waals surface area contributed by atoms with Crippen LogP contribution < -0.4 is 5.32 Å². The number of nitrogens with one attached hydrogen (secondary N) is 1. The lowest BCUT2D eigenvalue weighted by Gasteiger charge is -2.10. The molecule has 0 amide bonds. The summed E-state index contributed by atoms with van der Waals surface area (Å²) in [5.74, 6) is 1.61. The van der Waals surface area contributed by atoms with Crippen molar-refractivity contribution in [1.82, 2.24) is 4.98 Å². The summed E-state index contributed by atoms with van der Waals surface area (Å²) in [6.45, 7) is 6.72. The lowest BCUT2D eigenvalue weighted by Crippen LogP contribution is -2.11. The third kappa shape index (κ3) is 4.18. The van der Waals surface area contributed by atoms with Crippen LogP contribution in [0.25, 0.3) is 10.8 Å². The van der Waals surface area contributed by atoms with Gasteiger partial charge in [0.1, 0.15) is 5.82 Å². The van der Waals surface area contributed by atoms with Gasteiger partial charge in [0.25, 0.3) is 0 Å². The minimum absolute atomic E-state index is 0.694. The standard InChI is InChI=1S/C16H21BrN2O/c1-12(2)7-10-20-11-9-19-16-14-4-3-5-15(17)13(14)6-8-18-16/h3-6,8,12H,7,9-11H2,1-2H3,(H,18,19). The monoisotopic (exact) mass is 336 g/mol. The van der Waals surface area contributed by atoms with Crippen LogP contribution in [0.4, 0.5) is 5.82 Å². The van der Waals surface area contributed by atoms with Gasteiger partial charge in [0.2, 0.25) is 0 Å². The molecule has 0 spiro atoms. The zero-order valence-corrected chi connectivity index (χ0v) is 13.6. The van der Waals surface area contributed by atoms with Crippen molar-refractivity contribution in [3.05, 3.63) is 34.9 Å². The van der Waals surface area contributed by atoms with Gasteiger partial charge < -0.3 is 10.1 Å². The maximum Gasteiger partial charge on any atom is 0.133 e. The van der Waals surface area contributed by atoms with Crippen LogP contribution in [0.3, 0.4) is 0 Å². The Kier molecular flexibility index (Phi) is 5.80. The predicted octanol–water partition coefficient (Wildman–Crippen LogP) is 4.47. The number of hydrogen-bond acceptors (Lipinski definition) is 3. The van der Waals surface area contributed by atoms with E-state index >= 15 is 0 Å². The fourth-order valence-corrected chi connectivity index (χ4v) is 2.47. The molecule has 0 bridgehead atoms. The topological polar surface area (TPSA) is 34.1 Å². The van der Waals surface area contributed by atoms with Crippen LogP contribution in [0.5, 0.6) is 0 Å². The van der Waals surface area contributed by atoms with E-state index in [0.29, 0.717) is 12.5 Å². The Labute approximate surface area is 128 Å². The summed E-state index contributed by atoms with van der Waals surface area (Å²) in [4.78, 5) is 4.41. The molecule has 0 aliphatic carbocycles. The average Bonchev–Trinajstić information content (AvgIpc) is 2.43. The highest BCUT2D eigenvalue weighted by Gasteiger charge is 2.04. The Bertz CT molecular complexity index is 557. The second-order valence-corrected chi connectivity index (χ2v) is 6.07. The molecule has 0 aliphatic rings. The summed E-state index contributed by atoms with van der Waals surface area (Å²) < 4.78 is 6.69. The molecule has 1 heterocycles. The number of hydrogen-bond donors (Lipinski definition) is 1. The SMILES string of the molecule is CC(C)CCOCCNc1nccc2c(Br)cccc12. The predicted molar refractivity (Wildman–Crippen MR) is 88.2 cm³/mol. The molecule has 0 saturated heterocycles. The number of fused-ring (bicyclic) bond motifs is 1. The first kappa shape index (κ1) is 15.3. The summed E-state index contributed by atoms with van der Waals surface area (Å²) in [5, 5.41) is 5.65. The largest absolute Gasteiger partial charge is 0.380 e. The lowest BCUT2D eigenvalue weighted by molar-refractivity contribution is 0.132. The summed E-state index contributed by atoms with van der Waals surface area (Å²) in [6, 6.07) is 8.17. The van der Waals surface area contributed by atoms with Gasteiger partial charge in [-0.05, 0) is 24.5 Å². The van der Waals surface area contributed by atoms with Crippen LogP contribution in [0, 0.1) is 5.92 Å².